The highest BCUT2D eigenvalue weighted by Gasteiger charge is 2.48. The molecule has 0 amide bonds. The molecule has 6 aromatic rings. The van der Waals surface area contributed by atoms with Gasteiger partial charge in [0.25, 0.3) is 0 Å². The zero-order valence-electron chi connectivity index (χ0n) is 21.5. The van der Waals surface area contributed by atoms with Gasteiger partial charge in [0.15, 0.2) is 0 Å². The van der Waals surface area contributed by atoms with Crippen molar-refractivity contribution < 1.29 is 0 Å². The summed E-state index contributed by atoms with van der Waals surface area (Å²) in [7, 11) is 0. The molecular weight excluding hydrogens is 472 g/mol. The van der Waals surface area contributed by atoms with Gasteiger partial charge < -0.3 is 11.5 Å². The molecule has 0 aromatic heterocycles. The van der Waals surface area contributed by atoms with Crippen molar-refractivity contribution >= 4 is 11.4 Å². The normalized spacial score (nSPS) is 13.0. The predicted molar refractivity (Wildman–Crippen MR) is 163 cm³/mol. The molecule has 0 radical (unpaired) electrons. The Morgan fingerprint density at radius 3 is 1.56 bits per heavy atom. The third-order valence-corrected chi connectivity index (χ3v) is 8.08. The van der Waals surface area contributed by atoms with Crippen LogP contribution in [0.5, 0.6) is 0 Å². The number of benzene rings is 6. The second-order valence-corrected chi connectivity index (χ2v) is 10.1. The first-order valence-corrected chi connectivity index (χ1v) is 13.3. The van der Waals surface area contributed by atoms with Crippen LogP contribution in [0.25, 0.3) is 33.4 Å². The fourth-order valence-corrected chi connectivity index (χ4v) is 6.54. The molecule has 0 aliphatic heterocycles. The van der Waals surface area contributed by atoms with Gasteiger partial charge in [-0.15, -0.1) is 0 Å². The van der Waals surface area contributed by atoms with Gasteiger partial charge in [-0.25, -0.2) is 0 Å². The summed E-state index contributed by atoms with van der Waals surface area (Å²) < 4.78 is 0. The number of anilines is 2. The van der Waals surface area contributed by atoms with Gasteiger partial charge >= 0.3 is 0 Å². The van der Waals surface area contributed by atoms with Crippen LogP contribution in [0.3, 0.4) is 0 Å². The standard InChI is InChI=1S/C37H28N2/c38-32-22-12-21-31-34(32)30-23-24-33(39)35(29-20-11-10-19-28(29)25-13-4-1-5-14-25)36(30)37(31,26-15-6-2-7-16-26)27-17-8-3-9-18-27/h1-24H,38-39H2. The summed E-state index contributed by atoms with van der Waals surface area (Å²) in [6.45, 7) is 0. The van der Waals surface area contributed by atoms with Crippen LogP contribution in [0.1, 0.15) is 22.3 Å². The van der Waals surface area contributed by atoms with E-state index >= 15 is 0 Å². The van der Waals surface area contributed by atoms with E-state index in [-0.39, 0.29) is 0 Å². The maximum absolute atomic E-state index is 6.99. The Balaban J connectivity index is 1.69. The van der Waals surface area contributed by atoms with Crippen molar-refractivity contribution in [1.29, 1.82) is 0 Å². The van der Waals surface area contributed by atoms with Crippen LogP contribution >= 0.6 is 0 Å². The minimum Gasteiger partial charge on any atom is -0.398 e. The first kappa shape index (κ1) is 23.1. The molecule has 0 atom stereocenters. The molecule has 0 heterocycles. The van der Waals surface area contributed by atoms with E-state index < -0.39 is 5.41 Å². The highest BCUT2D eigenvalue weighted by molar-refractivity contribution is 6.02. The van der Waals surface area contributed by atoms with E-state index in [1.807, 2.05) is 12.1 Å². The minimum atomic E-state index is -0.600. The van der Waals surface area contributed by atoms with Gasteiger partial charge in [-0.1, -0.05) is 133 Å². The predicted octanol–water partition coefficient (Wildman–Crippen LogP) is 8.55. The second kappa shape index (κ2) is 9.04. The number of nitrogens with two attached hydrogens (primary N) is 2. The molecule has 0 spiro atoms. The maximum Gasteiger partial charge on any atom is 0.0721 e. The lowest BCUT2D eigenvalue weighted by Crippen LogP contribution is -2.29. The van der Waals surface area contributed by atoms with Crippen molar-refractivity contribution in [2.45, 2.75) is 5.41 Å². The highest BCUT2D eigenvalue weighted by Crippen LogP contribution is 2.61. The van der Waals surface area contributed by atoms with E-state index in [9.17, 15) is 0 Å². The molecule has 2 nitrogen and oxygen atoms in total. The summed E-state index contributed by atoms with van der Waals surface area (Å²) in [5.41, 5.74) is 26.1. The second-order valence-electron chi connectivity index (χ2n) is 10.1. The maximum atomic E-state index is 6.99. The molecule has 1 aliphatic carbocycles. The van der Waals surface area contributed by atoms with Gasteiger partial charge in [0, 0.05) is 22.5 Å². The Hall–Kier alpha value is -5.08. The van der Waals surface area contributed by atoms with E-state index in [0.29, 0.717) is 0 Å². The SMILES string of the molecule is Nc1cccc2c1-c1ccc(N)c(-c3ccccc3-c3ccccc3)c1C2(c1ccccc1)c1ccccc1. The third-order valence-electron chi connectivity index (χ3n) is 8.08. The number of hydrogen-bond acceptors (Lipinski definition) is 2. The van der Waals surface area contributed by atoms with Crippen molar-refractivity contribution in [3.05, 3.63) is 168 Å². The molecule has 0 saturated heterocycles. The van der Waals surface area contributed by atoms with Crippen LogP contribution in [-0.4, -0.2) is 0 Å². The summed E-state index contributed by atoms with van der Waals surface area (Å²) in [4.78, 5) is 0. The summed E-state index contributed by atoms with van der Waals surface area (Å²) in [5, 5.41) is 0. The van der Waals surface area contributed by atoms with E-state index in [1.54, 1.807) is 0 Å². The molecule has 0 bridgehead atoms. The van der Waals surface area contributed by atoms with Crippen LogP contribution in [0.2, 0.25) is 0 Å². The van der Waals surface area contributed by atoms with Crippen LogP contribution in [-0.2, 0) is 5.41 Å². The highest BCUT2D eigenvalue weighted by atomic mass is 14.6. The molecule has 0 fully saturated rings. The zero-order chi connectivity index (χ0) is 26.4. The number of nitrogen functional groups attached to an aromatic ring is 2. The van der Waals surface area contributed by atoms with Crippen molar-refractivity contribution in [2.24, 2.45) is 0 Å². The Morgan fingerprint density at radius 2 is 0.923 bits per heavy atom. The van der Waals surface area contributed by atoms with Gasteiger partial charge in [-0.05, 0) is 56.6 Å². The smallest absolute Gasteiger partial charge is 0.0721 e. The molecule has 2 heteroatoms. The zero-order valence-corrected chi connectivity index (χ0v) is 21.5. The molecule has 1 aliphatic rings. The molecule has 7 rings (SSSR count). The number of hydrogen-bond donors (Lipinski definition) is 2. The fourth-order valence-electron chi connectivity index (χ4n) is 6.54. The average molecular weight is 501 g/mol. The first-order valence-electron chi connectivity index (χ1n) is 13.3. The summed E-state index contributed by atoms with van der Waals surface area (Å²) in [5.74, 6) is 0. The largest absolute Gasteiger partial charge is 0.398 e. The van der Waals surface area contributed by atoms with Gasteiger partial charge in [-0.2, -0.15) is 0 Å². The topological polar surface area (TPSA) is 52.0 Å². The number of fused-ring (bicyclic) bond motifs is 3. The molecular formula is C37H28N2. The van der Waals surface area contributed by atoms with Crippen molar-refractivity contribution in [2.75, 3.05) is 11.5 Å². The third kappa shape index (κ3) is 3.35. The van der Waals surface area contributed by atoms with Gasteiger partial charge in [0.05, 0.1) is 5.41 Å². The van der Waals surface area contributed by atoms with Crippen LogP contribution < -0.4 is 11.5 Å². The number of rotatable bonds is 4. The summed E-state index contributed by atoms with van der Waals surface area (Å²) >= 11 is 0. The van der Waals surface area contributed by atoms with Gasteiger partial charge in [0.1, 0.15) is 0 Å². The Kier molecular flexibility index (Phi) is 5.35. The monoisotopic (exact) mass is 500 g/mol. The molecule has 0 unspecified atom stereocenters. The lowest BCUT2D eigenvalue weighted by atomic mass is 9.65. The Bertz CT molecular complexity index is 1770. The Labute approximate surface area is 229 Å². The van der Waals surface area contributed by atoms with Gasteiger partial charge in [-0.3, -0.25) is 0 Å². The fraction of sp³-hybridized carbons (Fsp3) is 0.0270. The van der Waals surface area contributed by atoms with Crippen LogP contribution in [0.4, 0.5) is 11.4 Å². The molecule has 0 saturated carbocycles. The minimum absolute atomic E-state index is 0.600. The first-order chi connectivity index (χ1) is 19.2. The van der Waals surface area contributed by atoms with E-state index in [0.717, 1.165) is 44.8 Å². The quantitative estimate of drug-likeness (QED) is 0.238. The van der Waals surface area contributed by atoms with Crippen molar-refractivity contribution in [1.82, 2.24) is 0 Å². The van der Waals surface area contributed by atoms with Gasteiger partial charge in [0.2, 0.25) is 0 Å². The molecule has 6 aromatic carbocycles. The molecule has 186 valence electrons. The lowest BCUT2D eigenvalue weighted by molar-refractivity contribution is 0.771. The van der Waals surface area contributed by atoms with E-state index in [1.165, 1.54) is 22.3 Å². The average Bonchev–Trinajstić information content (AvgIpc) is 3.31. The van der Waals surface area contributed by atoms with E-state index in [2.05, 4.69) is 133 Å². The lowest BCUT2D eigenvalue weighted by Gasteiger charge is -2.36. The summed E-state index contributed by atoms with van der Waals surface area (Å²) in [6.07, 6.45) is 0. The summed E-state index contributed by atoms with van der Waals surface area (Å²) in [6, 6.07) is 51.1. The van der Waals surface area contributed by atoms with Crippen molar-refractivity contribution in [3.8, 4) is 33.4 Å². The Morgan fingerprint density at radius 1 is 0.385 bits per heavy atom. The van der Waals surface area contributed by atoms with Crippen LogP contribution in [0, 0.1) is 0 Å². The van der Waals surface area contributed by atoms with Crippen LogP contribution in [0.15, 0.2) is 146 Å². The molecule has 39 heavy (non-hydrogen) atoms. The molecule has 4 N–H and O–H groups in total. The van der Waals surface area contributed by atoms with E-state index in [4.69, 9.17) is 11.5 Å². The van der Waals surface area contributed by atoms with Crippen molar-refractivity contribution in [3.63, 3.8) is 0 Å².